The lowest BCUT2D eigenvalue weighted by atomic mass is 10.2. The largest absolute Gasteiger partial charge is 0.370 e. The van der Waals surface area contributed by atoms with Crippen molar-refractivity contribution in [3.05, 3.63) is 0 Å². The minimum Gasteiger partial charge on any atom is -0.370 e. The van der Waals surface area contributed by atoms with Gasteiger partial charge < -0.3 is 10.6 Å². The molecule has 0 aromatic heterocycles. The molecule has 0 aromatic carbocycles. The van der Waals surface area contributed by atoms with Gasteiger partial charge in [0.1, 0.15) is 0 Å². The monoisotopic (exact) mass is 382 g/mol. The average molecular weight is 382 g/mol. The summed E-state index contributed by atoms with van der Waals surface area (Å²) in [5.41, 5.74) is 6.11. The van der Waals surface area contributed by atoms with E-state index in [0.717, 1.165) is 38.7 Å². The van der Waals surface area contributed by atoms with Crippen LogP contribution in [0.1, 0.15) is 46.5 Å². The number of aliphatic imine (C=N–C) groups is 1. The molecule has 1 aliphatic heterocycles. The van der Waals surface area contributed by atoms with Crippen LogP contribution in [0.15, 0.2) is 4.99 Å². The second-order valence-electron chi connectivity index (χ2n) is 5.17. The molecule has 2 N–H and O–H groups in total. The van der Waals surface area contributed by atoms with Crippen LogP contribution in [0.25, 0.3) is 0 Å². The highest BCUT2D eigenvalue weighted by molar-refractivity contribution is 14.0. The Morgan fingerprint density at radius 2 is 1.68 bits per heavy atom. The quantitative estimate of drug-likeness (QED) is 0.452. The highest BCUT2D eigenvalue weighted by Gasteiger charge is 2.13. The first-order valence-electron chi connectivity index (χ1n) is 7.48. The summed E-state index contributed by atoms with van der Waals surface area (Å²) in [5, 5.41) is 0. The van der Waals surface area contributed by atoms with Crippen LogP contribution in [0.2, 0.25) is 0 Å². The molecule has 0 radical (unpaired) electrons. The van der Waals surface area contributed by atoms with Crippen molar-refractivity contribution in [3.8, 4) is 0 Å². The van der Waals surface area contributed by atoms with Crippen LogP contribution in [-0.4, -0.2) is 54.5 Å². The summed E-state index contributed by atoms with van der Waals surface area (Å²) in [6.45, 7) is 11.7. The summed E-state index contributed by atoms with van der Waals surface area (Å²) in [4.78, 5) is 9.25. The predicted molar refractivity (Wildman–Crippen MR) is 94.3 cm³/mol. The molecule has 1 saturated heterocycles. The Labute approximate surface area is 135 Å². The van der Waals surface area contributed by atoms with E-state index in [0.29, 0.717) is 6.04 Å². The van der Waals surface area contributed by atoms with Crippen LogP contribution in [0.3, 0.4) is 0 Å². The molecule has 0 spiro atoms. The molecular formula is C14H31IN4. The van der Waals surface area contributed by atoms with E-state index >= 15 is 0 Å². The van der Waals surface area contributed by atoms with Crippen molar-refractivity contribution in [2.75, 3.05) is 32.7 Å². The van der Waals surface area contributed by atoms with Gasteiger partial charge in [0, 0.05) is 19.1 Å². The number of hydrogen-bond acceptors (Lipinski definition) is 2. The van der Waals surface area contributed by atoms with Crippen molar-refractivity contribution < 1.29 is 0 Å². The Kier molecular flexibility index (Phi) is 10.7. The molecular weight excluding hydrogens is 351 g/mol. The molecule has 1 rings (SSSR count). The molecule has 1 aliphatic rings. The van der Waals surface area contributed by atoms with Gasteiger partial charge in [-0.05, 0) is 32.9 Å². The molecule has 1 unspecified atom stereocenters. The second kappa shape index (κ2) is 10.7. The highest BCUT2D eigenvalue weighted by Crippen LogP contribution is 2.09. The highest BCUT2D eigenvalue weighted by atomic mass is 127. The molecule has 0 aromatic rings. The van der Waals surface area contributed by atoms with Crippen LogP contribution in [0.4, 0.5) is 0 Å². The zero-order valence-corrected chi connectivity index (χ0v) is 15.1. The van der Waals surface area contributed by atoms with Crippen LogP contribution in [0.5, 0.6) is 0 Å². The van der Waals surface area contributed by atoms with Crippen LogP contribution >= 0.6 is 24.0 Å². The summed E-state index contributed by atoms with van der Waals surface area (Å²) < 4.78 is 0. The van der Waals surface area contributed by atoms with Crippen molar-refractivity contribution in [2.24, 2.45) is 10.7 Å². The smallest absolute Gasteiger partial charge is 0.191 e. The van der Waals surface area contributed by atoms with E-state index < -0.39 is 0 Å². The topological polar surface area (TPSA) is 44.9 Å². The lowest BCUT2D eigenvalue weighted by Crippen LogP contribution is -2.40. The van der Waals surface area contributed by atoms with Gasteiger partial charge in [0.25, 0.3) is 0 Å². The molecule has 4 nitrogen and oxygen atoms in total. The summed E-state index contributed by atoms with van der Waals surface area (Å²) >= 11 is 0. The normalized spacial score (nSPS) is 18.9. The van der Waals surface area contributed by atoms with Gasteiger partial charge in [0.2, 0.25) is 0 Å². The molecule has 5 heteroatoms. The van der Waals surface area contributed by atoms with Gasteiger partial charge in [0.05, 0.1) is 6.54 Å². The number of rotatable bonds is 5. The van der Waals surface area contributed by atoms with Crippen molar-refractivity contribution in [3.63, 3.8) is 0 Å². The summed E-state index contributed by atoms with van der Waals surface area (Å²) in [7, 11) is 0. The molecule has 0 saturated carbocycles. The first kappa shape index (κ1) is 19.0. The fourth-order valence-corrected chi connectivity index (χ4v) is 2.59. The van der Waals surface area contributed by atoms with E-state index in [1.54, 1.807) is 0 Å². The molecule has 0 amide bonds. The maximum absolute atomic E-state index is 6.11. The van der Waals surface area contributed by atoms with Crippen molar-refractivity contribution in [1.29, 1.82) is 0 Å². The number of guanidine groups is 1. The van der Waals surface area contributed by atoms with Gasteiger partial charge in [-0.25, -0.2) is 0 Å². The number of nitrogens with zero attached hydrogens (tertiary/aromatic N) is 3. The van der Waals surface area contributed by atoms with Gasteiger partial charge in [-0.2, -0.15) is 0 Å². The van der Waals surface area contributed by atoms with Crippen LogP contribution < -0.4 is 5.73 Å². The van der Waals surface area contributed by atoms with E-state index in [9.17, 15) is 0 Å². The molecule has 0 bridgehead atoms. The second-order valence-corrected chi connectivity index (χ2v) is 5.17. The standard InChI is InChI=1S/C14H30N4.HI/c1-4-17(5-2)13(3)12-16-14(15)18-10-8-6-7-9-11-18;/h13H,4-12H2,1-3H3,(H2,15,16);1H. The van der Waals surface area contributed by atoms with Crippen molar-refractivity contribution in [1.82, 2.24) is 9.80 Å². The van der Waals surface area contributed by atoms with E-state index in [4.69, 9.17) is 5.73 Å². The molecule has 1 atom stereocenters. The Balaban J connectivity index is 0.00000324. The number of hydrogen-bond donors (Lipinski definition) is 1. The van der Waals surface area contributed by atoms with Gasteiger partial charge in [-0.15, -0.1) is 24.0 Å². The van der Waals surface area contributed by atoms with E-state index in [1.165, 1.54) is 25.7 Å². The Morgan fingerprint density at radius 3 is 2.16 bits per heavy atom. The molecule has 1 fully saturated rings. The molecule has 114 valence electrons. The molecule has 19 heavy (non-hydrogen) atoms. The number of nitrogens with two attached hydrogens (primary N) is 1. The van der Waals surface area contributed by atoms with E-state index in [-0.39, 0.29) is 24.0 Å². The van der Waals surface area contributed by atoms with Gasteiger partial charge in [0.15, 0.2) is 5.96 Å². The minimum absolute atomic E-state index is 0. The van der Waals surface area contributed by atoms with Crippen LogP contribution in [0, 0.1) is 0 Å². The third-order valence-corrected chi connectivity index (χ3v) is 3.88. The fraction of sp³-hybridized carbons (Fsp3) is 0.929. The molecule has 0 aliphatic carbocycles. The maximum atomic E-state index is 6.11. The predicted octanol–water partition coefficient (Wildman–Crippen LogP) is 2.53. The number of halogens is 1. The van der Waals surface area contributed by atoms with Gasteiger partial charge >= 0.3 is 0 Å². The lowest BCUT2D eigenvalue weighted by Gasteiger charge is -2.26. The Hall–Kier alpha value is -0.0400. The third kappa shape index (κ3) is 6.79. The first-order chi connectivity index (χ1) is 8.69. The van der Waals surface area contributed by atoms with Crippen molar-refractivity contribution >= 4 is 29.9 Å². The zero-order chi connectivity index (χ0) is 13.4. The van der Waals surface area contributed by atoms with Crippen molar-refractivity contribution in [2.45, 2.75) is 52.5 Å². The first-order valence-corrected chi connectivity index (χ1v) is 7.48. The van der Waals surface area contributed by atoms with E-state index in [2.05, 4.69) is 35.6 Å². The van der Waals surface area contributed by atoms with Gasteiger partial charge in [-0.3, -0.25) is 9.89 Å². The fourth-order valence-electron chi connectivity index (χ4n) is 2.59. The average Bonchev–Trinajstić information content (AvgIpc) is 2.66. The molecule has 1 heterocycles. The van der Waals surface area contributed by atoms with E-state index in [1.807, 2.05) is 0 Å². The Bertz CT molecular complexity index is 246. The number of likely N-dealkylation sites (N-methyl/N-ethyl adjacent to an activating group) is 1. The summed E-state index contributed by atoms with van der Waals surface area (Å²) in [6.07, 6.45) is 5.17. The zero-order valence-electron chi connectivity index (χ0n) is 12.8. The maximum Gasteiger partial charge on any atom is 0.191 e. The Morgan fingerprint density at radius 1 is 1.16 bits per heavy atom. The summed E-state index contributed by atoms with van der Waals surface area (Å²) in [5.74, 6) is 0.746. The summed E-state index contributed by atoms with van der Waals surface area (Å²) in [6, 6.07) is 0.477. The SMILES string of the molecule is CCN(CC)C(C)CN=C(N)N1CCCCCC1.I. The van der Waals surface area contributed by atoms with Crippen LogP contribution in [-0.2, 0) is 0 Å². The third-order valence-electron chi connectivity index (χ3n) is 3.88. The number of likely N-dealkylation sites (tertiary alicyclic amines) is 1. The minimum atomic E-state index is 0. The van der Waals surface area contributed by atoms with Gasteiger partial charge in [-0.1, -0.05) is 26.7 Å². The lowest BCUT2D eigenvalue weighted by molar-refractivity contribution is 0.236.